The van der Waals surface area contributed by atoms with Gasteiger partial charge in [-0.15, -0.1) is 0 Å². The van der Waals surface area contributed by atoms with Crippen molar-refractivity contribution in [3.8, 4) is 5.75 Å². The van der Waals surface area contributed by atoms with Gasteiger partial charge in [-0.3, -0.25) is 9.79 Å². The normalized spacial score (nSPS) is 13.8. The predicted octanol–water partition coefficient (Wildman–Crippen LogP) is 4.47. The molecule has 6 nitrogen and oxygen atoms in total. The third kappa shape index (κ3) is 10.3. The average molecular weight is 487 g/mol. The van der Waals surface area contributed by atoms with Crippen LogP contribution in [0.25, 0.3) is 0 Å². The number of nitrogens with one attached hydrogen (secondary N) is 3. The molecule has 1 amide bonds. The molecule has 2 rings (SSSR count). The number of carbonyl (C=O) groups is 1. The Kier molecular flexibility index (Phi) is 10.5. The molecule has 0 radical (unpaired) electrons. The second kappa shape index (κ2) is 13.4. The molecule has 0 saturated heterocycles. The highest BCUT2D eigenvalue weighted by Gasteiger charge is 2.06. The first-order chi connectivity index (χ1) is 15.7. The van der Waals surface area contributed by atoms with Gasteiger partial charge in [0.2, 0.25) is 5.91 Å². The number of aliphatic imine (C=N–C) groups is 1. The average Bonchev–Trinajstić information content (AvgIpc) is 3.27. The zero-order valence-corrected chi connectivity index (χ0v) is 20.1. The van der Waals surface area contributed by atoms with E-state index in [-0.39, 0.29) is 22.5 Å². The van der Waals surface area contributed by atoms with Crippen LogP contribution in [0.1, 0.15) is 5.56 Å². The third-order valence-electron chi connectivity index (χ3n) is 4.25. The topological polar surface area (TPSA) is 74.8 Å². The van der Waals surface area contributed by atoms with Crippen LogP contribution in [-0.4, -0.2) is 38.0 Å². The van der Waals surface area contributed by atoms with Gasteiger partial charge in [0.25, 0.3) is 0 Å². The van der Waals surface area contributed by atoms with Gasteiger partial charge >= 0.3 is 0 Å². The number of aryl methyl sites for hydroxylation is 1. The minimum atomic E-state index is -0.294. The number of amides is 1. The van der Waals surface area contributed by atoms with Crippen molar-refractivity contribution in [3.63, 3.8) is 0 Å². The number of rotatable bonds is 11. The molecule has 1 heterocycles. The van der Waals surface area contributed by atoms with Crippen molar-refractivity contribution in [2.24, 2.45) is 4.99 Å². The molecule has 0 spiro atoms. The Hall–Kier alpha value is -3.22. The highest BCUT2D eigenvalue weighted by Crippen LogP contribution is 2.18. The van der Waals surface area contributed by atoms with E-state index in [1.165, 1.54) is 6.08 Å². The van der Waals surface area contributed by atoms with E-state index < -0.39 is 0 Å². The van der Waals surface area contributed by atoms with Crippen LogP contribution >= 0.6 is 23.2 Å². The molecule has 0 atom stereocenters. The van der Waals surface area contributed by atoms with Gasteiger partial charge < -0.3 is 20.7 Å². The quantitative estimate of drug-likeness (QED) is 0.245. The highest BCUT2D eigenvalue weighted by molar-refractivity contribution is 6.43. The van der Waals surface area contributed by atoms with Crippen LogP contribution < -0.4 is 20.7 Å². The van der Waals surface area contributed by atoms with Crippen LogP contribution in [0.3, 0.4) is 0 Å². The fraction of sp³-hybridized carbons (Fsp3) is 0.200. The molecule has 0 unspecified atom stereocenters. The maximum atomic E-state index is 12.3. The SMILES string of the molecule is C=C(/C=C(/Cl)C(=C)Cl)CNC(=O)/C=C/C(=C\C(=C)Oc1cccc(C)c1)CNC1=NCCN1. The monoisotopic (exact) mass is 486 g/mol. The summed E-state index contributed by atoms with van der Waals surface area (Å²) in [5, 5.41) is 9.57. The molecule has 8 heteroatoms. The van der Waals surface area contributed by atoms with Gasteiger partial charge in [-0.05, 0) is 47.9 Å². The van der Waals surface area contributed by atoms with Crippen LogP contribution in [0.5, 0.6) is 5.75 Å². The molecular weight excluding hydrogens is 459 g/mol. The molecule has 33 heavy (non-hydrogen) atoms. The van der Waals surface area contributed by atoms with E-state index in [1.54, 1.807) is 18.2 Å². The molecular formula is C25H28Cl2N4O2. The summed E-state index contributed by atoms with van der Waals surface area (Å²) in [7, 11) is 0. The fourth-order valence-corrected chi connectivity index (χ4v) is 2.89. The number of halogens is 2. The Morgan fingerprint density at radius 3 is 2.67 bits per heavy atom. The first kappa shape index (κ1) is 26.0. The van der Waals surface area contributed by atoms with Gasteiger partial charge in [-0.25, -0.2) is 0 Å². The van der Waals surface area contributed by atoms with Gasteiger partial charge in [0.1, 0.15) is 11.5 Å². The molecule has 1 aromatic rings. The molecule has 0 aliphatic carbocycles. The van der Waals surface area contributed by atoms with Crippen molar-refractivity contribution in [3.05, 3.63) is 101 Å². The lowest BCUT2D eigenvalue weighted by atomic mass is 10.2. The van der Waals surface area contributed by atoms with E-state index in [1.807, 2.05) is 31.2 Å². The van der Waals surface area contributed by atoms with Crippen LogP contribution in [0.4, 0.5) is 0 Å². The van der Waals surface area contributed by atoms with Crippen molar-refractivity contribution in [2.75, 3.05) is 26.2 Å². The Balaban J connectivity index is 2.01. The maximum Gasteiger partial charge on any atom is 0.244 e. The lowest BCUT2D eigenvalue weighted by Crippen LogP contribution is -2.34. The molecule has 0 aromatic heterocycles. The lowest BCUT2D eigenvalue weighted by Gasteiger charge is -2.10. The van der Waals surface area contributed by atoms with E-state index in [0.29, 0.717) is 29.6 Å². The summed E-state index contributed by atoms with van der Waals surface area (Å²) in [4.78, 5) is 16.6. The standard InChI is InChI=1S/C25H28Cl2N4O2/c1-17-6-5-7-22(12-17)33-19(3)14-21(16-31-25-28-10-11-29-25)8-9-24(32)30-15-18(2)13-23(27)20(4)26/h5-9,12-14H,2-4,10-11,15-16H2,1H3,(H,30,32)(H2,28,29,31)/b9-8+,21-14+,23-13+. The van der Waals surface area contributed by atoms with Crippen molar-refractivity contribution in [1.29, 1.82) is 0 Å². The first-order valence-corrected chi connectivity index (χ1v) is 11.0. The van der Waals surface area contributed by atoms with E-state index in [4.69, 9.17) is 27.9 Å². The van der Waals surface area contributed by atoms with Crippen molar-refractivity contribution >= 4 is 35.1 Å². The Labute approximate surface area is 205 Å². The van der Waals surface area contributed by atoms with Crippen molar-refractivity contribution < 1.29 is 9.53 Å². The summed E-state index contributed by atoms with van der Waals surface area (Å²) in [6.45, 7) is 15.5. The van der Waals surface area contributed by atoms with Crippen LogP contribution in [0.15, 0.2) is 100 Å². The minimum absolute atomic E-state index is 0.209. The Morgan fingerprint density at radius 2 is 2.00 bits per heavy atom. The summed E-state index contributed by atoms with van der Waals surface area (Å²) < 4.78 is 5.81. The van der Waals surface area contributed by atoms with E-state index in [2.05, 4.69) is 40.7 Å². The van der Waals surface area contributed by atoms with Gasteiger partial charge in [0, 0.05) is 25.7 Å². The van der Waals surface area contributed by atoms with Crippen LogP contribution in [0, 0.1) is 6.92 Å². The number of carbonyl (C=O) groups excluding carboxylic acids is 1. The molecule has 0 bridgehead atoms. The largest absolute Gasteiger partial charge is 0.458 e. The third-order valence-corrected chi connectivity index (χ3v) is 4.89. The minimum Gasteiger partial charge on any atom is -0.458 e. The summed E-state index contributed by atoms with van der Waals surface area (Å²) in [6.07, 6.45) is 6.44. The Morgan fingerprint density at radius 1 is 1.21 bits per heavy atom. The predicted molar refractivity (Wildman–Crippen MR) is 138 cm³/mol. The summed E-state index contributed by atoms with van der Waals surface area (Å²) in [5.74, 6) is 1.55. The maximum absolute atomic E-state index is 12.3. The van der Waals surface area contributed by atoms with Gasteiger partial charge in [-0.2, -0.15) is 0 Å². The number of guanidine groups is 1. The number of hydrogen-bond acceptors (Lipinski definition) is 5. The molecule has 1 aromatic carbocycles. The molecule has 1 aliphatic heterocycles. The van der Waals surface area contributed by atoms with Gasteiger partial charge in [-0.1, -0.05) is 61.1 Å². The zero-order valence-electron chi connectivity index (χ0n) is 18.6. The lowest BCUT2D eigenvalue weighted by molar-refractivity contribution is -0.116. The molecule has 0 fully saturated rings. The van der Waals surface area contributed by atoms with Crippen LogP contribution in [0.2, 0.25) is 0 Å². The number of nitrogens with zero attached hydrogens (tertiary/aromatic N) is 1. The van der Waals surface area contributed by atoms with E-state index in [0.717, 1.165) is 24.2 Å². The summed E-state index contributed by atoms with van der Waals surface area (Å²) in [6, 6.07) is 7.68. The van der Waals surface area contributed by atoms with Gasteiger partial charge in [0.15, 0.2) is 5.96 Å². The highest BCUT2D eigenvalue weighted by atomic mass is 35.5. The van der Waals surface area contributed by atoms with Crippen LogP contribution in [-0.2, 0) is 4.79 Å². The number of ether oxygens (including phenoxy) is 1. The van der Waals surface area contributed by atoms with Gasteiger partial charge in [0.05, 0.1) is 16.6 Å². The summed E-state index contributed by atoms with van der Waals surface area (Å²) in [5.41, 5.74) is 2.45. The molecule has 1 aliphatic rings. The smallest absolute Gasteiger partial charge is 0.244 e. The first-order valence-electron chi connectivity index (χ1n) is 10.2. The summed E-state index contributed by atoms with van der Waals surface area (Å²) >= 11 is 11.6. The van der Waals surface area contributed by atoms with E-state index >= 15 is 0 Å². The Bertz CT molecular complexity index is 1040. The van der Waals surface area contributed by atoms with Crippen molar-refractivity contribution in [1.82, 2.24) is 16.0 Å². The second-order valence-corrected chi connectivity index (χ2v) is 8.08. The van der Waals surface area contributed by atoms with E-state index in [9.17, 15) is 4.79 Å². The van der Waals surface area contributed by atoms with Crippen molar-refractivity contribution in [2.45, 2.75) is 6.92 Å². The molecule has 0 saturated carbocycles. The zero-order chi connectivity index (χ0) is 24.2. The second-order valence-electron chi connectivity index (χ2n) is 7.22. The molecule has 3 N–H and O–H groups in total. The fourth-order valence-electron chi connectivity index (χ4n) is 2.68. The number of allylic oxidation sites excluding steroid dienone is 3. The number of benzene rings is 1. The number of hydrogen-bond donors (Lipinski definition) is 3. The molecule has 174 valence electrons.